The molecular formula is C69H37Cl4N2O5Sb. The van der Waals surface area contributed by atoms with Crippen LogP contribution in [0.3, 0.4) is 0 Å². The van der Waals surface area contributed by atoms with E-state index in [1.807, 2.05) is 12.1 Å². The molecule has 6 heterocycles. The number of furan rings is 2. The van der Waals surface area contributed by atoms with Gasteiger partial charge in [-0.2, -0.15) is 0 Å². The number of hydrogen-bond acceptors (Lipinski definition) is 7. The van der Waals surface area contributed by atoms with Gasteiger partial charge in [0.2, 0.25) is 0 Å². The summed E-state index contributed by atoms with van der Waals surface area (Å²) in [4.78, 5) is 4.66. The first kappa shape index (κ1) is 46.5. The summed E-state index contributed by atoms with van der Waals surface area (Å²) in [5.41, 5.74) is 13.2. The van der Waals surface area contributed by atoms with Gasteiger partial charge in [-0.3, -0.25) is 0 Å². The topological polar surface area (TPSA) is 60.5 Å². The normalized spacial score (nSPS) is 15.2. The molecule has 0 radical (unpaired) electrons. The van der Waals surface area contributed by atoms with E-state index in [9.17, 15) is 0 Å². The van der Waals surface area contributed by atoms with Gasteiger partial charge in [0.05, 0.1) is 0 Å². The zero-order valence-electron chi connectivity index (χ0n) is 42.5. The van der Waals surface area contributed by atoms with Crippen LogP contribution in [0.15, 0.2) is 215 Å². The van der Waals surface area contributed by atoms with Crippen LogP contribution >= 0.6 is 46.4 Å². The number of ether oxygens (including phenoxy) is 1. The summed E-state index contributed by atoms with van der Waals surface area (Å²) in [6.07, 6.45) is 0. The molecule has 386 valence electrons. The van der Waals surface area contributed by atoms with Crippen molar-refractivity contribution in [3.8, 4) is 45.3 Å². The molecule has 12 heteroatoms. The number of rotatable bonds is 4. The SMILES string of the molecule is Cc1cc2[c]3c(c1)N(c1ccccc1)c1cc(-c4ccc5oc6cc7ccccc7cc6c5c4)cc4[c]1[Sb]31([O]c3c(Cl)c(Cl)c(Cl)c(Cl)c3[O]1)[c]1c(cc(-c3ccc5oc6cc7ccccc7cc6c5c3)cc1N2c1ccccc1)O4. The fraction of sp³-hybridized carbons (Fsp3) is 0.0145. The maximum absolute atomic E-state index is 8.18. The zero-order chi connectivity index (χ0) is 53.8. The molecule has 14 aromatic rings. The standard InChI is InChI=1S/C63H37N2O3.C6H2Cl4O2.Sb/c1-39-24-50-36-51(25-39)65(49-18-6-3-7-19-49)53-27-47(45-21-23-61-57(33-45)59-31-41-13-9-11-15-43(41)35-63(59)68-61)29-55(38-53)66-54-28-46(26-52(37-54)64(50)48-16-4-2-5-17-48)44-20-22-60-56(32-44)58-30-40-12-8-10-14-42(40)34-62(58)67-60;7-1-2(8)4(10)6(12)5(11)3(1)9;/h2-35H,1H3;11-12H;/q;;+2/p-2. The third-order valence-electron chi connectivity index (χ3n) is 16.8. The van der Waals surface area contributed by atoms with Gasteiger partial charge in [-0.25, -0.2) is 0 Å². The van der Waals surface area contributed by atoms with Crippen LogP contribution in [0.1, 0.15) is 5.56 Å². The van der Waals surface area contributed by atoms with Gasteiger partial charge in [0, 0.05) is 0 Å². The van der Waals surface area contributed by atoms with Crippen LogP contribution in [-0.4, -0.2) is 18.2 Å². The van der Waals surface area contributed by atoms with Crippen molar-refractivity contribution in [3.63, 3.8) is 0 Å². The molecule has 0 fully saturated rings. The Morgan fingerprint density at radius 1 is 0.346 bits per heavy atom. The Bertz CT molecular complexity index is 4900. The molecule has 0 N–H and O–H groups in total. The van der Waals surface area contributed by atoms with E-state index in [2.05, 4.69) is 211 Å². The van der Waals surface area contributed by atoms with E-state index >= 15 is 0 Å². The van der Waals surface area contributed by atoms with Crippen molar-refractivity contribution in [3.05, 3.63) is 232 Å². The first-order valence-corrected chi connectivity index (χ1v) is 33.9. The summed E-state index contributed by atoms with van der Waals surface area (Å²) < 4.78 is 39.6. The molecule has 0 bridgehead atoms. The molecule has 0 aliphatic carbocycles. The Labute approximate surface area is 484 Å². The van der Waals surface area contributed by atoms with Gasteiger partial charge in [-0.15, -0.1) is 0 Å². The van der Waals surface area contributed by atoms with Crippen molar-refractivity contribution in [1.82, 2.24) is 0 Å². The molecule has 7 nitrogen and oxygen atoms in total. The molecule has 2 aromatic heterocycles. The molecule has 12 aromatic carbocycles. The molecular weight excluding hydrogens is 1200 g/mol. The summed E-state index contributed by atoms with van der Waals surface area (Å²) in [6, 6.07) is 72.3. The Morgan fingerprint density at radius 2 is 0.741 bits per heavy atom. The van der Waals surface area contributed by atoms with Gasteiger partial charge < -0.3 is 0 Å². The van der Waals surface area contributed by atoms with Gasteiger partial charge in [0.25, 0.3) is 0 Å². The summed E-state index contributed by atoms with van der Waals surface area (Å²) in [5.74, 6) is 1.59. The van der Waals surface area contributed by atoms with Crippen LogP contribution in [0.4, 0.5) is 34.1 Å². The molecule has 0 unspecified atom stereocenters. The number of nitrogens with zero attached hydrogens (tertiary/aromatic N) is 2. The number of benzene rings is 12. The molecule has 0 saturated heterocycles. The second-order valence-electron chi connectivity index (χ2n) is 21.4. The van der Waals surface area contributed by atoms with Gasteiger partial charge in [-0.05, 0) is 0 Å². The van der Waals surface area contributed by atoms with Gasteiger partial charge in [0.15, 0.2) is 0 Å². The molecule has 4 aliphatic heterocycles. The predicted octanol–water partition coefficient (Wildman–Crippen LogP) is 19.6. The van der Waals surface area contributed by atoms with Gasteiger partial charge >= 0.3 is 476 Å². The maximum atomic E-state index is 8.18. The number of halogens is 4. The second kappa shape index (κ2) is 16.2. The number of hydrogen-bond donors (Lipinski definition) is 0. The van der Waals surface area contributed by atoms with Crippen molar-refractivity contribution >= 4 is 175 Å². The van der Waals surface area contributed by atoms with Crippen LogP contribution in [0.2, 0.25) is 20.1 Å². The minimum atomic E-state index is -6.45. The Balaban J connectivity index is 0.979. The van der Waals surface area contributed by atoms with Crippen molar-refractivity contribution < 1.29 is 19.6 Å². The first-order chi connectivity index (χ1) is 39.6. The minimum absolute atomic E-state index is 0.0713. The number of fused-ring (bicyclic) bond motifs is 9. The molecule has 0 saturated carbocycles. The fourth-order valence-corrected chi connectivity index (χ4v) is 30.8. The number of para-hydroxylation sites is 2. The molecule has 1 spiro atoms. The van der Waals surface area contributed by atoms with Gasteiger partial charge in [-0.1, -0.05) is 12.1 Å². The molecule has 18 rings (SSSR count). The van der Waals surface area contributed by atoms with E-state index in [4.69, 9.17) is 66.0 Å². The molecule has 4 aliphatic rings. The number of anilines is 6. The van der Waals surface area contributed by atoms with Crippen molar-refractivity contribution in [2.75, 3.05) is 9.80 Å². The van der Waals surface area contributed by atoms with E-state index in [0.29, 0.717) is 11.5 Å². The summed E-state index contributed by atoms with van der Waals surface area (Å²) >= 11 is 22.5. The van der Waals surface area contributed by atoms with Crippen LogP contribution in [0.5, 0.6) is 23.0 Å². The molecule has 0 atom stereocenters. The first-order valence-electron chi connectivity index (χ1n) is 26.5. The van der Waals surface area contributed by atoms with Gasteiger partial charge in [0.1, 0.15) is 0 Å². The Morgan fingerprint density at radius 3 is 1.19 bits per heavy atom. The third kappa shape index (κ3) is 6.07. The van der Waals surface area contributed by atoms with Crippen LogP contribution in [-0.2, 0) is 0 Å². The second-order valence-corrected chi connectivity index (χ2v) is 33.2. The number of aryl methyl sites for hydroxylation is 1. The average molecular weight is 1240 g/mol. The summed E-state index contributed by atoms with van der Waals surface area (Å²) in [6.45, 7) is 2.14. The predicted molar refractivity (Wildman–Crippen MR) is 333 cm³/mol. The third-order valence-corrected chi connectivity index (χ3v) is 32.4. The van der Waals surface area contributed by atoms with E-state index in [1.165, 1.54) is 0 Å². The summed E-state index contributed by atoms with van der Waals surface area (Å²) in [5, 5.41) is 8.92. The van der Waals surface area contributed by atoms with Crippen LogP contribution in [0, 0.1) is 6.92 Å². The fourth-order valence-electron chi connectivity index (χ4n) is 13.4. The van der Waals surface area contributed by atoms with Crippen molar-refractivity contribution in [2.24, 2.45) is 0 Å². The van der Waals surface area contributed by atoms with Crippen molar-refractivity contribution in [1.29, 1.82) is 0 Å². The Kier molecular flexibility index (Phi) is 9.31. The van der Waals surface area contributed by atoms with Crippen LogP contribution < -0.4 is 31.1 Å². The van der Waals surface area contributed by atoms with Crippen molar-refractivity contribution in [2.45, 2.75) is 6.92 Å². The Hall–Kier alpha value is -8.26. The average Bonchev–Trinajstić information content (AvgIpc) is 1.83. The van der Waals surface area contributed by atoms with E-state index in [0.717, 1.165) is 138 Å². The summed E-state index contributed by atoms with van der Waals surface area (Å²) in [7, 11) is 0. The van der Waals surface area contributed by atoms with Crippen LogP contribution in [0.25, 0.3) is 87.7 Å². The zero-order valence-corrected chi connectivity index (χ0v) is 48.1. The monoisotopic (exact) mass is 1230 g/mol. The molecule has 0 amide bonds. The van der Waals surface area contributed by atoms with E-state index in [-0.39, 0.29) is 31.6 Å². The molecule has 81 heavy (non-hydrogen) atoms. The van der Waals surface area contributed by atoms with E-state index < -0.39 is 18.2 Å². The quantitative estimate of drug-likeness (QED) is 0.0988. The van der Waals surface area contributed by atoms with E-state index in [1.54, 1.807) is 0 Å².